The summed E-state index contributed by atoms with van der Waals surface area (Å²) in [5.74, 6) is -0.111. The highest BCUT2D eigenvalue weighted by Gasteiger charge is 2.28. The van der Waals surface area contributed by atoms with Crippen molar-refractivity contribution in [2.45, 2.75) is 52.2 Å². The highest BCUT2D eigenvalue weighted by atomic mass is 35.5. The van der Waals surface area contributed by atoms with Gasteiger partial charge in [0.2, 0.25) is 5.91 Å². The Kier molecular flexibility index (Phi) is 12.6. The van der Waals surface area contributed by atoms with E-state index in [1.54, 1.807) is 6.92 Å². The zero-order chi connectivity index (χ0) is 14.0. The van der Waals surface area contributed by atoms with E-state index in [1.807, 2.05) is 20.8 Å². The molecule has 5 nitrogen and oxygen atoms in total. The van der Waals surface area contributed by atoms with Crippen LogP contribution in [0, 0.1) is 0 Å². The Hall–Kier alpha value is -0.360. The van der Waals surface area contributed by atoms with E-state index in [9.17, 15) is 4.79 Å². The summed E-state index contributed by atoms with van der Waals surface area (Å²) in [7, 11) is 0. The number of hydrogen-bond donors (Lipinski definition) is 2. The molecule has 0 aromatic heterocycles. The third kappa shape index (κ3) is 7.72. The molecule has 0 rings (SSSR count). The monoisotopic (exact) mass is 296 g/mol. The second-order valence-corrected chi connectivity index (χ2v) is 4.39. The van der Waals surface area contributed by atoms with Crippen LogP contribution < -0.4 is 11.1 Å². The molecule has 1 atom stereocenters. The zero-order valence-electron chi connectivity index (χ0n) is 12.5. The Morgan fingerprint density at radius 2 is 1.84 bits per heavy atom. The highest BCUT2D eigenvalue weighted by molar-refractivity contribution is 5.85. The highest BCUT2D eigenvalue weighted by Crippen LogP contribution is 2.13. The van der Waals surface area contributed by atoms with Gasteiger partial charge in [-0.15, -0.1) is 12.4 Å². The Morgan fingerprint density at radius 3 is 2.26 bits per heavy atom. The Bertz CT molecular complexity index is 228. The predicted octanol–water partition coefficient (Wildman–Crippen LogP) is 1.48. The van der Waals surface area contributed by atoms with Crippen LogP contribution in [0.2, 0.25) is 0 Å². The maximum Gasteiger partial charge on any atom is 0.249 e. The van der Waals surface area contributed by atoms with Gasteiger partial charge in [0.15, 0.2) is 0 Å². The molecule has 0 heterocycles. The average Bonchev–Trinajstić information content (AvgIpc) is 2.40. The number of ether oxygens (including phenoxy) is 2. The first-order chi connectivity index (χ1) is 8.55. The number of carbonyl (C=O) groups is 1. The van der Waals surface area contributed by atoms with E-state index in [0.29, 0.717) is 26.4 Å². The van der Waals surface area contributed by atoms with Crippen molar-refractivity contribution in [2.24, 2.45) is 5.73 Å². The number of rotatable bonds is 10. The summed E-state index contributed by atoms with van der Waals surface area (Å²) in [5.41, 5.74) is 5.43. The van der Waals surface area contributed by atoms with E-state index in [4.69, 9.17) is 15.2 Å². The van der Waals surface area contributed by atoms with Gasteiger partial charge in [0.1, 0.15) is 6.10 Å². The van der Waals surface area contributed by atoms with Crippen LogP contribution in [0.1, 0.15) is 40.5 Å². The first-order valence-corrected chi connectivity index (χ1v) is 6.76. The third-order valence-corrected chi connectivity index (χ3v) is 3.30. The molecule has 0 aliphatic heterocycles. The molecule has 116 valence electrons. The van der Waals surface area contributed by atoms with Crippen LogP contribution in [0.5, 0.6) is 0 Å². The van der Waals surface area contributed by atoms with E-state index < -0.39 is 6.10 Å². The molecular weight excluding hydrogens is 268 g/mol. The van der Waals surface area contributed by atoms with Gasteiger partial charge in [-0.25, -0.2) is 0 Å². The molecule has 0 radical (unpaired) electrons. The lowest BCUT2D eigenvalue weighted by atomic mass is 9.92. The van der Waals surface area contributed by atoms with Crippen molar-refractivity contribution in [1.29, 1.82) is 0 Å². The number of amides is 1. The number of carbonyl (C=O) groups excluding carboxylic acids is 1. The smallest absolute Gasteiger partial charge is 0.249 e. The topological polar surface area (TPSA) is 73.6 Å². The maximum absolute atomic E-state index is 12.0. The Morgan fingerprint density at radius 1 is 1.26 bits per heavy atom. The molecule has 0 saturated carbocycles. The van der Waals surface area contributed by atoms with Crippen LogP contribution in [0.25, 0.3) is 0 Å². The van der Waals surface area contributed by atoms with E-state index >= 15 is 0 Å². The van der Waals surface area contributed by atoms with Crippen molar-refractivity contribution < 1.29 is 14.3 Å². The fourth-order valence-corrected chi connectivity index (χ4v) is 1.63. The van der Waals surface area contributed by atoms with Gasteiger partial charge >= 0.3 is 0 Å². The summed E-state index contributed by atoms with van der Waals surface area (Å²) in [6.07, 6.45) is 1.16. The molecule has 0 spiro atoms. The molecule has 0 bridgehead atoms. The van der Waals surface area contributed by atoms with Gasteiger partial charge in [0.05, 0.1) is 18.8 Å². The standard InChI is InChI=1S/C13H28N2O3.ClH/c1-5-13(6-2,10-14)15-12(16)11(4)18-9-8-17-7-3;/h11H,5-10,14H2,1-4H3,(H,15,16);1H. The Labute approximate surface area is 123 Å². The fraction of sp³-hybridized carbons (Fsp3) is 0.923. The quantitative estimate of drug-likeness (QED) is 0.599. The number of hydrogen-bond acceptors (Lipinski definition) is 4. The molecule has 1 unspecified atom stereocenters. The molecule has 0 aliphatic carbocycles. The summed E-state index contributed by atoms with van der Waals surface area (Å²) in [6.45, 7) is 9.76. The van der Waals surface area contributed by atoms with E-state index in [2.05, 4.69) is 5.32 Å². The molecule has 0 fully saturated rings. The zero-order valence-corrected chi connectivity index (χ0v) is 13.3. The van der Waals surface area contributed by atoms with Gasteiger partial charge in [-0.05, 0) is 26.7 Å². The van der Waals surface area contributed by atoms with Gasteiger partial charge in [0, 0.05) is 13.2 Å². The normalized spacial score (nSPS) is 12.7. The lowest BCUT2D eigenvalue weighted by molar-refractivity contribution is -0.134. The van der Waals surface area contributed by atoms with Crippen molar-refractivity contribution in [2.75, 3.05) is 26.4 Å². The lowest BCUT2D eigenvalue weighted by Gasteiger charge is -2.32. The molecule has 19 heavy (non-hydrogen) atoms. The van der Waals surface area contributed by atoms with E-state index in [-0.39, 0.29) is 23.9 Å². The molecule has 0 saturated heterocycles. The van der Waals surface area contributed by atoms with Crippen LogP contribution in [-0.4, -0.2) is 43.9 Å². The number of nitrogens with two attached hydrogens (primary N) is 1. The molecule has 0 aromatic rings. The minimum absolute atomic E-state index is 0. The second-order valence-electron chi connectivity index (χ2n) is 4.39. The average molecular weight is 297 g/mol. The van der Waals surface area contributed by atoms with Crippen LogP contribution in [0.4, 0.5) is 0 Å². The molecule has 1 amide bonds. The molecule has 6 heteroatoms. The van der Waals surface area contributed by atoms with E-state index in [1.165, 1.54) is 0 Å². The maximum atomic E-state index is 12.0. The summed E-state index contributed by atoms with van der Waals surface area (Å²) in [6, 6.07) is 0. The van der Waals surface area contributed by atoms with Gasteiger partial charge in [-0.3, -0.25) is 4.79 Å². The minimum atomic E-state index is -0.477. The SMILES string of the molecule is CCOCCOC(C)C(=O)NC(CC)(CC)CN.Cl. The van der Waals surface area contributed by atoms with Crippen LogP contribution >= 0.6 is 12.4 Å². The summed E-state index contributed by atoms with van der Waals surface area (Å²) >= 11 is 0. The van der Waals surface area contributed by atoms with Crippen molar-refractivity contribution in [1.82, 2.24) is 5.32 Å². The van der Waals surface area contributed by atoms with Crippen LogP contribution in [0.3, 0.4) is 0 Å². The van der Waals surface area contributed by atoms with E-state index in [0.717, 1.165) is 12.8 Å². The first kappa shape index (κ1) is 20.9. The van der Waals surface area contributed by atoms with Gasteiger partial charge < -0.3 is 20.5 Å². The number of halogens is 1. The van der Waals surface area contributed by atoms with Crippen LogP contribution in [0.15, 0.2) is 0 Å². The van der Waals surface area contributed by atoms with Crippen molar-refractivity contribution in [3.63, 3.8) is 0 Å². The van der Waals surface area contributed by atoms with Crippen molar-refractivity contribution >= 4 is 18.3 Å². The minimum Gasteiger partial charge on any atom is -0.379 e. The fourth-order valence-electron chi connectivity index (χ4n) is 1.63. The Balaban J connectivity index is 0. The molecule has 3 N–H and O–H groups in total. The molecular formula is C13H29ClN2O3. The molecule has 0 aliphatic rings. The lowest BCUT2D eigenvalue weighted by Crippen LogP contribution is -2.55. The summed E-state index contributed by atoms with van der Waals surface area (Å²) in [5, 5.41) is 2.99. The van der Waals surface area contributed by atoms with Gasteiger partial charge in [-0.1, -0.05) is 13.8 Å². The summed E-state index contributed by atoms with van der Waals surface area (Å²) in [4.78, 5) is 12.0. The van der Waals surface area contributed by atoms with Gasteiger partial charge in [-0.2, -0.15) is 0 Å². The van der Waals surface area contributed by atoms with Crippen molar-refractivity contribution in [3.8, 4) is 0 Å². The number of nitrogens with one attached hydrogen (secondary N) is 1. The van der Waals surface area contributed by atoms with Crippen molar-refractivity contribution in [3.05, 3.63) is 0 Å². The first-order valence-electron chi connectivity index (χ1n) is 6.76. The molecule has 0 aromatic carbocycles. The van der Waals surface area contributed by atoms with Gasteiger partial charge in [0.25, 0.3) is 0 Å². The van der Waals surface area contributed by atoms with Crippen LogP contribution in [-0.2, 0) is 14.3 Å². The third-order valence-electron chi connectivity index (χ3n) is 3.30. The largest absolute Gasteiger partial charge is 0.379 e. The summed E-state index contributed by atoms with van der Waals surface area (Å²) < 4.78 is 10.6. The predicted molar refractivity (Wildman–Crippen MR) is 79.7 cm³/mol. The second kappa shape index (κ2) is 11.5.